The number of aryl methyl sites for hydroxylation is 1. The maximum Gasteiger partial charge on any atom is 0.270 e. The molecule has 0 aliphatic heterocycles. The van der Waals surface area contributed by atoms with Gasteiger partial charge in [-0.25, -0.2) is 4.98 Å². The third-order valence-corrected chi connectivity index (χ3v) is 5.58. The van der Waals surface area contributed by atoms with Crippen molar-refractivity contribution in [1.29, 1.82) is 0 Å². The van der Waals surface area contributed by atoms with Gasteiger partial charge in [-0.05, 0) is 48.9 Å². The van der Waals surface area contributed by atoms with Gasteiger partial charge in [0.25, 0.3) is 5.69 Å². The largest absolute Gasteiger partial charge is 0.378 e. The molecule has 3 aromatic carbocycles. The first-order valence-electron chi connectivity index (χ1n) is 8.99. The second-order valence-electron chi connectivity index (χ2n) is 6.65. The summed E-state index contributed by atoms with van der Waals surface area (Å²) in [5, 5.41) is 14.9. The van der Waals surface area contributed by atoms with E-state index in [0.717, 1.165) is 26.5 Å². The van der Waals surface area contributed by atoms with Gasteiger partial charge >= 0.3 is 0 Å². The summed E-state index contributed by atoms with van der Waals surface area (Å²) in [6.07, 6.45) is 0. The Kier molecular flexibility index (Phi) is 5.05. The minimum atomic E-state index is -0.508. The van der Waals surface area contributed by atoms with Crippen molar-refractivity contribution in [2.45, 2.75) is 6.92 Å². The third kappa shape index (κ3) is 4.14. The fourth-order valence-electron chi connectivity index (χ4n) is 2.96. The maximum atomic E-state index is 12.3. The number of nitro groups is 1. The second-order valence-corrected chi connectivity index (χ2v) is 7.68. The Hall–Kier alpha value is -3.58. The van der Waals surface area contributed by atoms with Crippen LogP contribution in [-0.4, -0.2) is 22.2 Å². The van der Waals surface area contributed by atoms with Gasteiger partial charge in [0.05, 0.1) is 21.7 Å². The number of anilines is 1. The molecule has 29 heavy (non-hydrogen) atoms. The van der Waals surface area contributed by atoms with E-state index in [1.165, 1.54) is 23.8 Å². The standard InChI is InChI=1S/C22H17N3O3S/c1-14-5-10-19-21(11-14)29-22(24-19)15-6-8-17(9-7-15)23-13-20(26)16-3-2-4-18(12-16)25(27)28/h2-12,23H,13H2,1H3. The molecule has 4 aromatic rings. The summed E-state index contributed by atoms with van der Waals surface area (Å²) in [7, 11) is 0. The van der Waals surface area contributed by atoms with Gasteiger partial charge in [0.1, 0.15) is 5.01 Å². The van der Waals surface area contributed by atoms with Crippen LogP contribution in [0.15, 0.2) is 66.7 Å². The van der Waals surface area contributed by atoms with Crippen molar-refractivity contribution in [3.8, 4) is 10.6 Å². The van der Waals surface area contributed by atoms with E-state index in [1.807, 2.05) is 30.3 Å². The molecule has 0 saturated heterocycles. The van der Waals surface area contributed by atoms with Crippen molar-refractivity contribution in [1.82, 2.24) is 4.98 Å². The summed E-state index contributed by atoms with van der Waals surface area (Å²) in [5.74, 6) is -0.209. The number of ketones is 1. The number of carbonyl (C=O) groups is 1. The molecule has 4 rings (SSSR count). The maximum absolute atomic E-state index is 12.3. The molecular formula is C22H17N3O3S. The van der Waals surface area contributed by atoms with Crippen LogP contribution in [0, 0.1) is 17.0 Å². The molecule has 0 amide bonds. The number of hydrogen-bond donors (Lipinski definition) is 1. The van der Waals surface area contributed by atoms with Gasteiger partial charge in [-0.2, -0.15) is 0 Å². The van der Waals surface area contributed by atoms with Crippen molar-refractivity contribution in [3.05, 3.63) is 88.0 Å². The first-order valence-corrected chi connectivity index (χ1v) is 9.80. The Morgan fingerprint density at radius 1 is 1.10 bits per heavy atom. The van der Waals surface area contributed by atoms with Gasteiger partial charge in [0, 0.05) is 28.9 Å². The quantitative estimate of drug-likeness (QED) is 0.262. The number of hydrogen-bond acceptors (Lipinski definition) is 6. The van der Waals surface area contributed by atoms with E-state index in [4.69, 9.17) is 0 Å². The monoisotopic (exact) mass is 403 g/mol. The summed E-state index contributed by atoms with van der Waals surface area (Å²) in [5.41, 5.74) is 4.23. The molecule has 144 valence electrons. The Balaban J connectivity index is 1.44. The molecule has 0 saturated carbocycles. The van der Waals surface area contributed by atoms with Crippen LogP contribution < -0.4 is 5.32 Å². The van der Waals surface area contributed by atoms with Gasteiger partial charge < -0.3 is 5.32 Å². The topological polar surface area (TPSA) is 85.1 Å². The Morgan fingerprint density at radius 2 is 1.90 bits per heavy atom. The lowest BCUT2D eigenvalue weighted by Crippen LogP contribution is -2.14. The number of carbonyl (C=O) groups excluding carboxylic acids is 1. The first-order chi connectivity index (χ1) is 14.0. The number of Topliss-reactive ketones (excluding diaryl/α,β-unsaturated/α-hetero) is 1. The van der Waals surface area contributed by atoms with Gasteiger partial charge in [-0.3, -0.25) is 14.9 Å². The highest BCUT2D eigenvalue weighted by Gasteiger charge is 2.12. The highest BCUT2D eigenvalue weighted by Crippen LogP contribution is 2.31. The van der Waals surface area contributed by atoms with Crippen LogP contribution in [0.2, 0.25) is 0 Å². The molecule has 1 heterocycles. The van der Waals surface area contributed by atoms with Crippen LogP contribution in [0.1, 0.15) is 15.9 Å². The summed E-state index contributed by atoms with van der Waals surface area (Å²) in [6.45, 7) is 2.12. The molecule has 0 atom stereocenters. The van der Waals surface area contributed by atoms with Crippen molar-refractivity contribution < 1.29 is 9.72 Å². The molecule has 1 N–H and O–H groups in total. The number of nitrogens with zero attached hydrogens (tertiary/aromatic N) is 2. The smallest absolute Gasteiger partial charge is 0.270 e. The van der Waals surface area contributed by atoms with Crippen LogP contribution in [0.3, 0.4) is 0 Å². The van der Waals surface area contributed by atoms with E-state index in [9.17, 15) is 14.9 Å². The average molecular weight is 403 g/mol. The predicted octanol–water partition coefficient (Wildman–Crippen LogP) is 5.47. The van der Waals surface area contributed by atoms with Crippen LogP contribution in [0.25, 0.3) is 20.8 Å². The van der Waals surface area contributed by atoms with Gasteiger partial charge in [0.2, 0.25) is 0 Å². The Labute approximate surface area is 171 Å². The Bertz CT molecular complexity index is 1220. The normalized spacial score (nSPS) is 10.8. The summed E-state index contributed by atoms with van der Waals surface area (Å²) in [4.78, 5) is 27.3. The molecule has 0 unspecified atom stereocenters. The molecule has 0 spiro atoms. The SMILES string of the molecule is Cc1ccc2nc(-c3ccc(NCC(=O)c4cccc([N+](=O)[O-])c4)cc3)sc2c1. The molecule has 6 nitrogen and oxygen atoms in total. The highest BCUT2D eigenvalue weighted by atomic mass is 32.1. The number of non-ortho nitro benzene ring substituents is 1. The molecule has 1 aromatic heterocycles. The highest BCUT2D eigenvalue weighted by molar-refractivity contribution is 7.21. The fourth-order valence-corrected chi connectivity index (χ4v) is 4.03. The summed E-state index contributed by atoms with van der Waals surface area (Å²) >= 11 is 1.65. The lowest BCUT2D eigenvalue weighted by molar-refractivity contribution is -0.384. The average Bonchev–Trinajstić information content (AvgIpc) is 3.15. The number of rotatable bonds is 6. The minimum Gasteiger partial charge on any atom is -0.378 e. The Morgan fingerprint density at radius 3 is 2.66 bits per heavy atom. The molecule has 0 fully saturated rings. The number of nitro benzene ring substituents is 1. The molecular weight excluding hydrogens is 386 g/mol. The molecule has 0 radical (unpaired) electrons. The van der Waals surface area contributed by atoms with E-state index in [2.05, 4.69) is 29.4 Å². The predicted molar refractivity (Wildman–Crippen MR) is 116 cm³/mol. The van der Waals surface area contributed by atoms with E-state index < -0.39 is 4.92 Å². The first kappa shape index (κ1) is 18.8. The van der Waals surface area contributed by atoms with E-state index in [1.54, 1.807) is 17.4 Å². The lowest BCUT2D eigenvalue weighted by Gasteiger charge is -2.06. The molecule has 0 bridgehead atoms. The van der Waals surface area contributed by atoms with E-state index in [0.29, 0.717) is 5.56 Å². The van der Waals surface area contributed by atoms with Crippen LogP contribution in [0.5, 0.6) is 0 Å². The molecule has 7 heteroatoms. The number of aromatic nitrogens is 1. The van der Waals surface area contributed by atoms with Crippen LogP contribution >= 0.6 is 11.3 Å². The summed E-state index contributed by atoms with van der Waals surface area (Å²) < 4.78 is 1.16. The second kappa shape index (κ2) is 7.81. The van der Waals surface area contributed by atoms with Gasteiger partial charge in [0.15, 0.2) is 5.78 Å². The fraction of sp³-hybridized carbons (Fsp3) is 0.0909. The molecule has 0 aliphatic carbocycles. The van der Waals surface area contributed by atoms with Crippen molar-refractivity contribution in [2.75, 3.05) is 11.9 Å². The number of benzene rings is 3. The van der Waals surface area contributed by atoms with Gasteiger partial charge in [-0.1, -0.05) is 18.2 Å². The summed E-state index contributed by atoms with van der Waals surface area (Å²) in [6, 6.07) is 19.7. The van der Waals surface area contributed by atoms with Gasteiger partial charge in [-0.15, -0.1) is 11.3 Å². The van der Waals surface area contributed by atoms with Crippen LogP contribution in [-0.2, 0) is 0 Å². The third-order valence-electron chi connectivity index (χ3n) is 4.51. The number of thiazole rings is 1. The minimum absolute atomic E-state index is 0.0565. The number of fused-ring (bicyclic) bond motifs is 1. The zero-order valence-corrected chi connectivity index (χ0v) is 16.4. The molecule has 0 aliphatic rings. The van der Waals surface area contributed by atoms with Crippen molar-refractivity contribution in [2.24, 2.45) is 0 Å². The number of nitrogens with one attached hydrogen (secondary N) is 1. The zero-order valence-electron chi connectivity index (χ0n) is 15.6. The van der Waals surface area contributed by atoms with Crippen LogP contribution in [0.4, 0.5) is 11.4 Å². The zero-order chi connectivity index (χ0) is 20.4. The van der Waals surface area contributed by atoms with E-state index >= 15 is 0 Å². The lowest BCUT2D eigenvalue weighted by atomic mass is 10.1. The van der Waals surface area contributed by atoms with E-state index in [-0.39, 0.29) is 18.0 Å². The van der Waals surface area contributed by atoms with Crippen molar-refractivity contribution in [3.63, 3.8) is 0 Å². The van der Waals surface area contributed by atoms with Crippen molar-refractivity contribution >= 4 is 38.7 Å².